The van der Waals surface area contributed by atoms with Crippen molar-refractivity contribution < 1.29 is 36.3 Å². The third kappa shape index (κ3) is 5.37. The predicted molar refractivity (Wildman–Crippen MR) is 103 cm³/mol. The first-order valence-corrected chi connectivity index (χ1v) is 10.3. The molecule has 2 rings (SSSR count). The fourth-order valence-electron chi connectivity index (χ4n) is 2.78. The minimum absolute atomic E-state index is 0.221. The number of thiophene rings is 1. The Morgan fingerprint density at radius 3 is 2.30 bits per heavy atom. The van der Waals surface area contributed by atoms with Gasteiger partial charge in [0.15, 0.2) is 5.69 Å². The van der Waals surface area contributed by atoms with Crippen molar-refractivity contribution in [3.8, 4) is 0 Å². The van der Waals surface area contributed by atoms with Crippen LogP contribution in [0.2, 0.25) is 0 Å². The van der Waals surface area contributed by atoms with Crippen molar-refractivity contribution in [3.63, 3.8) is 0 Å². The summed E-state index contributed by atoms with van der Waals surface area (Å²) in [4.78, 5) is 28.2. The summed E-state index contributed by atoms with van der Waals surface area (Å²) in [5.74, 6) is -1.61. The lowest BCUT2D eigenvalue weighted by Gasteiger charge is -2.21. The van der Waals surface area contributed by atoms with Gasteiger partial charge in [-0.05, 0) is 53.6 Å². The number of thioether (sulfide) groups is 1. The van der Waals surface area contributed by atoms with E-state index in [1.807, 2.05) is 0 Å². The number of carbonyl (C=O) groups is 2. The van der Waals surface area contributed by atoms with Gasteiger partial charge in [0.1, 0.15) is 5.69 Å². The van der Waals surface area contributed by atoms with Gasteiger partial charge in [-0.1, -0.05) is 13.8 Å². The van der Waals surface area contributed by atoms with Gasteiger partial charge in [0.2, 0.25) is 5.12 Å². The normalized spacial score (nSPS) is 12.0. The zero-order chi connectivity index (χ0) is 22.8. The first kappa shape index (κ1) is 24.3. The summed E-state index contributed by atoms with van der Waals surface area (Å²) in [5.41, 5.74) is -4.38. The van der Waals surface area contributed by atoms with Crippen LogP contribution in [0.1, 0.15) is 63.5 Å². The largest absolute Gasteiger partial charge is 0.465 e. The van der Waals surface area contributed by atoms with Gasteiger partial charge >= 0.3 is 12.1 Å². The number of nitrogens with zero attached hydrogens (tertiary/aromatic N) is 1. The lowest BCUT2D eigenvalue weighted by atomic mass is 9.91. The Balaban J connectivity index is 2.86. The van der Waals surface area contributed by atoms with Gasteiger partial charge in [0.25, 0.3) is 6.43 Å². The van der Waals surface area contributed by atoms with Crippen LogP contribution in [-0.4, -0.2) is 23.2 Å². The van der Waals surface area contributed by atoms with Crippen molar-refractivity contribution in [2.75, 3.05) is 7.11 Å². The van der Waals surface area contributed by atoms with Gasteiger partial charge in [-0.25, -0.2) is 18.6 Å². The molecular formula is C19H18F5NO3S2. The van der Waals surface area contributed by atoms with Gasteiger partial charge < -0.3 is 4.74 Å². The smallest absolute Gasteiger partial charge is 0.434 e. The van der Waals surface area contributed by atoms with E-state index in [0.717, 1.165) is 24.0 Å². The Morgan fingerprint density at radius 2 is 1.87 bits per heavy atom. The number of rotatable bonds is 6. The lowest BCUT2D eigenvalue weighted by Crippen LogP contribution is -2.24. The fraction of sp³-hybridized carbons (Fsp3) is 0.421. The molecule has 2 aromatic heterocycles. The summed E-state index contributed by atoms with van der Waals surface area (Å²) >= 11 is 1.69. The van der Waals surface area contributed by atoms with E-state index in [9.17, 15) is 31.5 Å². The van der Waals surface area contributed by atoms with Crippen molar-refractivity contribution in [1.82, 2.24) is 4.98 Å². The van der Waals surface area contributed by atoms with E-state index < -0.39 is 51.8 Å². The molecule has 0 aliphatic rings. The minimum atomic E-state index is -5.18. The number of hydrogen-bond acceptors (Lipinski definition) is 6. The van der Waals surface area contributed by atoms with E-state index in [2.05, 4.69) is 9.72 Å². The van der Waals surface area contributed by atoms with Crippen molar-refractivity contribution in [2.24, 2.45) is 5.92 Å². The Bertz CT molecular complexity index is 954. The molecule has 4 nitrogen and oxygen atoms in total. The quantitative estimate of drug-likeness (QED) is 0.282. The van der Waals surface area contributed by atoms with Crippen LogP contribution >= 0.6 is 23.1 Å². The van der Waals surface area contributed by atoms with Crippen molar-refractivity contribution in [1.29, 1.82) is 0 Å². The molecule has 0 unspecified atom stereocenters. The highest BCUT2D eigenvalue weighted by molar-refractivity contribution is 8.15. The number of hydrogen-bond donors (Lipinski definition) is 0. The van der Waals surface area contributed by atoms with Gasteiger partial charge in [-0.3, -0.25) is 4.79 Å². The summed E-state index contributed by atoms with van der Waals surface area (Å²) in [6, 6.07) is 1.62. The van der Waals surface area contributed by atoms with Crippen LogP contribution in [0.3, 0.4) is 0 Å². The molecule has 0 saturated carbocycles. The summed E-state index contributed by atoms with van der Waals surface area (Å²) in [6.45, 7) is 5.01. The van der Waals surface area contributed by atoms with E-state index in [0.29, 0.717) is 16.0 Å². The molecule has 30 heavy (non-hydrogen) atoms. The molecule has 0 saturated heterocycles. The molecule has 0 aliphatic heterocycles. The Labute approximate surface area is 177 Å². The maximum atomic E-state index is 13.7. The van der Waals surface area contributed by atoms with Gasteiger partial charge in [-0.2, -0.15) is 13.2 Å². The number of esters is 1. The van der Waals surface area contributed by atoms with Crippen molar-refractivity contribution in [2.45, 2.75) is 44.0 Å². The zero-order valence-corrected chi connectivity index (χ0v) is 18.0. The molecule has 11 heteroatoms. The van der Waals surface area contributed by atoms with Gasteiger partial charge in [0, 0.05) is 0 Å². The van der Waals surface area contributed by atoms with Crippen LogP contribution in [0.25, 0.3) is 0 Å². The van der Waals surface area contributed by atoms with Crippen molar-refractivity contribution >= 4 is 34.2 Å². The Morgan fingerprint density at radius 1 is 1.23 bits per heavy atom. The topological polar surface area (TPSA) is 56.3 Å². The SMILES string of the molecule is COC(=O)c1c(C(F)F)nc(C(F)(F)F)c(C(=O)Sc2cc(C)cs2)c1CC(C)C. The number of pyridine rings is 1. The molecule has 2 aromatic rings. The summed E-state index contributed by atoms with van der Waals surface area (Å²) in [7, 11) is 0.916. The van der Waals surface area contributed by atoms with E-state index >= 15 is 0 Å². The second-order valence-electron chi connectivity index (χ2n) is 6.79. The highest BCUT2D eigenvalue weighted by atomic mass is 32.2. The predicted octanol–water partition coefficient (Wildman–Crippen LogP) is 6.33. The monoisotopic (exact) mass is 467 g/mol. The van der Waals surface area contributed by atoms with E-state index in [1.165, 1.54) is 0 Å². The summed E-state index contributed by atoms with van der Waals surface area (Å²) < 4.78 is 73.3. The molecule has 0 bridgehead atoms. The van der Waals surface area contributed by atoms with Gasteiger partial charge in [0.05, 0.1) is 22.4 Å². The number of ether oxygens (including phenoxy) is 1. The summed E-state index contributed by atoms with van der Waals surface area (Å²) in [5, 5.41) is 0.686. The van der Waals surface area contributed by atoms with Gasteiger partial charge in [-0.15, -0.1) is 11.3 Å². The zero-order valence-electron chi connectivity index (χ0n) is 16.4. The van der Waals surface area contributed by atoms with E-state index in [4.69, 9.17) is 0 Å². The fourth-order valence-corrected chi connectivity index (χ4v) is 4.72. The molecule has 0 fully saturated rings. The van der Waals surface area contributed by atoms with E-state index in [1.54, 1.807) is 32.2 Å². The minimum Gasteiger partial charge on any atom is -0.465 e. The maximum Gasteiger partial charge on any atom is 0.434 e. The standard InChI is InChI=1S/C19H18F5NO3S2/c1-8(2)5-10-12(17(26)28-4)14(16(20)21)25-15(19(22,23)24)13(10)18(27)30-11-6-9(3)7-29-11/h6-8,16H,5H2,1-4H3. The molecule has 0 aromatic carbocycles. The van der Waals surface area contributed by atoms with Crippen LogP contribution < -0.4 is 0 Å². The first-order valence-electron chi connectivity index (χ1n) is 8.64. The number of aromatic nitrogens is 1. The number of aryl methyl sites for hydroxylation is 1. The Hall–Kier alpha value is -2.01. The van der Waals surface area contributed by atoms with E-state index in [-0.39, 0.29) is 12.3 Å². The summed E-state index contributed by atoms with van der Waals surface area (Å²) in [6.07, 6.45) is -8.87. The maximum absolute atomic E-state index is 13.7. The molecule has 0 atom stereocenters. The molecule has 0 N–H and O–H groups in total. The Kier molecular flexibility index (Phi) is 7.62. The lowest BCUT2D eigenvalue weighted by molar-refractivity contribution is -0.141. The van der Waals surface area contributed by atoms with Crippen LogP contribution in [0.4, 0.5) is 22.0 Å². The van der Waals surface area contributed by atoms with Crippen molar-refractivity contribution in [3.05, 3.63) is 45.1 Å². The number of methoxy groups -OCH3 is 1. The molecule has 0 spiro atoms. The van der Waals surface area contributed by atoms with Crippen LogP contribution in [-0.2, 0) is 17.3 Å². The molecule has 0 amide bonds. The van der Waals surface area contributed by atoms with Crippen LogP contribution in [0.15, 0.2) is 15.7 Å². The molecule has 164 valence electrons. The molecule has 0 aliphatic carbocycles. The number of halogens is 5. The van der Waals surface area contributed by atoms with Crippen LogP contribution in [0.5, 0.6) is 0 Å². The number of carbonyl (C=O) groups excluding carboxylic acids is 2. The molecule has 2 heterocycles. The third-order valence-electron chi connectivity index (χ3n) is 3.91. The highest BCUT2D eigenvalue weighted by Gasteiger charge is 2.42. The number of alkyl halides is 5. The van der Waals surface area contributed by atoms with Crippen LogP contribution in [0, 0.1) is 12.8 Å². The first-order chi connectivity index (χ1) is 13.9. The highest BCUT2D eigenvalue weighted by Crippen LogP contribution is 2.40. The molecular weight excluding hydrogens is 449 g/mol. The molecule has 0 radical (unpaired) electrons. The average molecular weight is 467 g/mol. The third-order valence-corrected chi connectivity index (χ3v) is 6.00. The second kappa shape index (κ2) is 9.42. The average Bonchev–Trinajstić information content (AvgIpc) is 3.03. The second-order valence-corrected chi connectivity index (χ2v) is 8.98.